The van der Waals surface area contributed by atoms with Crippen LogP contribution in [-0.2, 0) is 6.61 Å². The number of hydrogen-bond acceptors (Lipinski definition) is 5. The van der Waals surface area contributed by atoms with E-state index in [1.165, 1.54) is 0 Å². The number of carbonyl (C=O) groups excluding carboxylic acids is 2. The molecule has 0 N–H and O–H groups in total. The van der Waals surface area contributed by atoms with Crippen molar-refractivity contribution in [1.82, 2.24) is 9.80 Å². The molecular weight excluding hydrogens is 406 g/mol. The highest BCUT2D eigenvalue weighted by atomic mass is 16.5. The van der Waals surface area contributed by atoms with E-state index in [-0.39, 0.29) is 24.2 Å². The number of hydrogen-bond donors (Lipinski definition) is 0. The second kappa shape index (κ2) is 9.40. The molecule has 0 spiro atoms. The summed E-state index contributed by atoms with van der Waals surface area (Å²) in [6.07, 6.45) is 0. The first kappa shape index (κ1) is 21.2. The zero-order valence-electron chi connectivity index (χ0n) is 17.8. The lowest BCUT2D eigenvalue weighted by atomic mass is 10.1. The number of amides is 2. The van der Waals surface area contributed by atoms with Crippen molar-refractivity contribution < 1.29 is 18.7 Å². The Balaban J connectivity index is 1.32. The van der Waals surface area contributed by atoms with Crippen molar-refractivity contribution in [1.29, 1.82) is 5.26 Å². The Labute approximate surface area is 186 Å². The average Bonchev–Trinajstić information content (AvgIpc) is 3.31. The summed E-state index contributed by atoms with van der Waals surface area (Å²) in [6.45, 7) is 3.93. The first-order valence-electron chi connectivity index (χ1n) is 10.4. The lowest BCUT2D eigenvalue weighted by Crippen LogP contribution is -2.50. The molecule has 2 amide bonds. The van der Waals surface area contributed by atoms with E-state index in [0.29, 0.717) is 48.8 Å². The number of rotatable bonds is 5. The third-order valence-corrected chi connectivity index (χ3v) is 5.40. The highest BCUT2D eigenvalue weighted by Crippen LogP contribution is 2.20. The number of ether oxygens (including phenoxy) is 1. The van der Waals surface area contributed by atoms with Gasteiger partial charge in [-0.2, -0.15) is 5.26 Å². The zero-order chi connectivity index (χ0) is 22.5. The second-order valence-corrected chi connectivity index (χ2v) is 7.61. The van der Waals surface area contributed by atoms with E-state index < -0.39 is 0 Å². The molecule has 4 rings (SSSR count). The summed E-state index contributed by atoms with van der Waals surface area (Å²) >= 11 is 0. The largest absolute Gasteiger partial charge is 0.484 e. The molecule has 1 aliphatic rings. The van der Waals surface area contributed by atoms with Gasteiger partial charge in [0, 0.05) is 31.7 Å². The fourth-order valence-electron chi connectivity index (χ4n) is 3.55. The molecule has 0 atom stereocenters. The van der Waals surface area contributed by atoms with Gasteiger partial charge in [-0.15, -0.1) is 0 Å². The van der Waals surface area contributed by atoms with Gasteiger partial charge in [-0.1, -0.05) is 29.8 Å². The molecule has 0 aliphatic carbocycles. The van der Waals surface area contributed by atoms with E-state index >= 15 is 0 Å². The van der Waals surface area contributed by atoms with E-state index in [2.05, 4.69) is 6.07 Å². The maximum atomic E-state index is 12.8. The van der Waals surface area contributed by atoms with Crippen LogP contribution in [0.5, 0.6) is 5.75 Å². The summed E-state index contributed by atoms with van der Waals surface area (Å²) in [7, 11) is 0. The van der Waals surface area contributed by atoms with E-state index in [1.807, 2.05) is 31.2 Å². The molecule has 1 saturated heterocycles. The van der Waals surface area contributed by atoms with Gasteiger partial charge in [-0.25, -0.2) is 0 Å². The van der Waals surface area contributed by atoms with Crippen LogP contribution in [0.3, 0.4) is 0 Å². The molecule has 162 valence electrons. The number of carbonyl (C=O) groups is 2. The quantitative estimate of drug-likeness (QED) is 0.618. The highest BCUT2D eigenvalue weighted by molar-refractivity contribution is 5.95. The van der Waals surface area contributed by atoms with Crippen LogP contribution in [0.2, 0.25) is 0 Å². The maximum absolute atomic E-state index is 12.8. The van der Waals surface area contributed by atoms with Crippen molar-refractivity contribution in [3.8, 4) is 11.8 Å². The molecule has 2 aromatic carbocycles. The van der Waals surface area contributed by atoms with Gasteiger partial charge in [0.1, 0.15) is 24.2 Å². The number of nitrogens with zero attached hydrogens (tertiary/aromatic N) is 3. The monoisotopic (exact) mass is 429 g/mol. The average molecular weight is 429 g/mol. The highest BCUT2D eigenvalue weighted by Gasteiger charge is 2.27. The summed E-state index contributed by atoms with van der Waals surface area (Å²) < 4.78 is 11.3. The van der Waals surface area contributed by atoms with E-state index in [0.717, 1.165) is 5.56 Å². The van der Waals surface area contributed by atoms with E-state index in [1.54, 1.807) is 46.2 Å². The van der Waals surface area contributed by atoms with Crippen molar-refractivity contribution in [3.63, 3.8) is 0 Å². The van der Waals surface area contributed by atoms with Gasteiger partial charge >= 0.3 is 0 Å². The first-order chi connectivity index (χ1) is 15.5. The molecule has 0 bridgehead atoms. The number of aryl methyl sites for hydroxylation is 1. The molecule has 7 heteroatoms. The summed E-state index contributed by atoms with van der Waals surface area (Å²) in [5.41, 5.74) is 2.20. The van der Waals surface area contributed by atoms with Crippen LogP contribution in [-0.4, -0.2) is 47.8 Å². The number of para-hydroxylation sites is 1. The van der Waals surface area contributed by atoms with Gasteiger partial charge in [0.2, 0.25) is 0 Å². The fourth-order valence-corrected chi connectivity index (χ4v) is 3.55. The van der Waals surface area contributed by atoms with E-state index in [4.69, 9.17) is 14.4 Å². The fraction of sp³-hybridized carbons (Fsp3) is 0.240. The van der Waals surface area contributed by atoms with Gasteiger partial charge < -0.3 is 19.0 Å². The third kappa shape index (κ3) is 4.65. The number of benzene rings is 2. The van der Waals surface area contributed by atoms with Crippen molar-refractivity contribution in [2.45, 2.75) is 13.5 Å². The van der Waals surface area contributed by atoms with Crippen LogP contribution in [0.25, 0.3) is 0 Å². The zero-order valence-corrected chi connectivity index (χ0v) is 17.8. The summed E-state index contributed by atoms with van der Waals surface area (Å²) in [5, 5.41) is 9.14. The topological polar surface area (TPSA) is 86.8 Å². The van der Waals surface area contributed by atoms with Crippen molar-refractivity contribution in [2.75, 3.05) is 26.2 Å². The normalized spacial score (nSPS) is 13.5. The SMILES string of the molecule is Cc1ccc(C(=O)N2CCN(C(=O)c3ccc(COc4ccccc4C#N)o3)CC2)cc1. The predicted octanol–water partition coefficient (Wildman–Crippen LogP) is 3.64. The second-order valence-electron chi connectivity index (χ2n) is 7.61. The van der Waals surface area contributed by atoms with Gasteiger partial charge in [0.05, 0.1) is 5.56 Å². The Hall–Kier alpha value is -4.05. The predicted molar refractivity (Wildman–Crippen MR) is 117 cm³/mol. The summed E-state index contributed by atoms with van der Waals surface area (Å²) in [5.74, 6) is 0.960. The molecule has 0 saturated carbocycles. The third-order valence-electron chi connectivity index (χ3n) is 5.40. The van der Waals surface area contributed by atoms with Crippen LogP contribution in [0, 0.1) is 18.3 Å². The van der Waals surface area contributed by atoms with Crippen LogP contribution < -0.4 is 4.74 Å². The van der Waals surface area contributed by atoms with Crippen LogP contribution >= 0.6 is 0 Å². The summed E-state index contributed by atoms with van der Waals surface area (Å²) in [6, 6.07) is 19.8. The van der Waals surface area contributed by atoms with Crippen LogP contribution in [0.1, 0.15) is 37.8 Å². The number of piperazine rings is 1. The molecular formula is C25H23N3O4. The molecule has 32 heavy (non-hydrogen) atoms. The van der Waals surface area contributed by atoms with Crippen molar-refractivity contribution in [2.24, 2.45) is 0 Å². The van der Waals surface area contributed by atoms with Crippen molar-refractivity contribution >= 4 is 11.8 Å². The van der Waals surface area contributed by atoms with Crippen LogP contribution in [0.4, 0.5) is 0 Å². The standard InChI is InChI=1S/C25H23N3O4/c1-18-6-8-19(9-7-18)24(29)27-12-14-28(15-13-27)25(30)23-11-10-21(32-23)17-31-22-5-3-2-4-20(22)16-26/h2-11H,12-15,17H2,1H3. The molecule has 0 radical (unpaired) electrons. The van der Waals surface area contributed by atoms with Gasteiger partial charge in [-0.05, 0) is 43.3 Å². The lowest BCUT2D eigenvalue weighted by Gasteiger charge is -2.34. The van der Waals surface area contributed by atoms with Gasteiger partial charge in [-0.3, -0.25) is 9.59 Å². The Morgan fingerprint density at radius 2 is 1.59 bits per heavy atom. The van der Waals surface area contributed by atoms with Gasteiger partial charge in [0.15, 0.2) is 5.76 Å². The Morgan fingerprint density at radius 3 is 2.28 bits per heavy atom. The lowest BCUT2D eigenvalue weighted by molar-refractivity contribution is 0.0516. The number of nitriles is 1. The first-order valence-corrected chi connectivity index (χ1v) is 10.4. The minimum atomic E-state index is -0.212. The molecule has 2 heterocycles. The molecule has 0 unspecified atom stereocenters. The molecule has 1 aliphatic heterocycles. The molecule has 1 aromatic heterocycles. The minimum absolute atomic E-state index is 0.0211. The smallest absolute Gasteiger partial charge is 0.289 e. The summed E-state index contributed by atoms with van der Waals surface area (Å²) in [4.78, 5) is 28.9. The molecule has 3 aromatic rings. The van der Waals surface area contributed by atoms with Crippen molar-refractivity contribution in [3.05, 3.63) is 88.9 Å². The Morgan fingerprint density at radius 1 is 0.938 bits per heavy atom. The molecule has 7 nitrogen and oxygen atoms in total. The van der Waals surface area contributed by atoms with Crippen LogP contribution in [0.15, 0.2) is 65.1 Å². The van der Waals surface area contributed by atoms with Gasteiger partial charge in [0.25, 0.3) is 11.8 Å². The maximum Gasteiger partial charge on any atom is 0.289 e. The Bertz CT molecular complexity index is 1150. The Kier molecular flexibility index (Phi) is 6.22. The number of furan rings is 1. The minimum Gasteiger partial charge on any atom is -0.484 e. The molecule has 1 fully saturated rings. The van der Waals surface area contributed by atoms with E-state index in [9.17, 15) is 9.59 Å².